The molecule has 0 saturated carbocycles. The average Bonchev–Trinajstić information content (AvgIpc) is 2.33. The van der Waals surface area contributed by atoms with E-state index in [1.54, 1.807) is 18.2 Å². The molecule has 1 aromatic carbocycles. The highest BCUT2D eigenvalue weighted by Gasteiger charge is 2.25. The lowest BCUT2D eigenvalue weighted by atomic mass is 9.85. The van der Waals surface area contributed by atoms with E-state index in [1.165, 1.54) is 0 Å². The lowest BCUT2D eigenvalue weighted by Gasteiger charge is -2.29. The SMILES string of the molecule is CCC(CC)(CS)COc1ccc(Cl)cc1Cl. The minimum Gasteiger partial charge on any atom is -0.491 e. The minimum atomic E-state index is 0.117. The van der Waals surface area contributed by atoms with Crippen molar-refractivity contribution in [3.05, 3.63) is 28.2 Å². The molecule has 0 bridgehead atoms. The van der Waals surface area contributed by atoms with Crippen molar-refractivity contribution >= 4 is 35.8 Å². The van der Waals surface area contributed by atoms with Crippen LogP contribution in [0.25, 0.3) is 0 Å². The Balaban J connectivity index is 2.72. The number of hydrogen-bond donors (Lipinski definition) is 1. The molecule has 0 heterocycles. The van der Waals surface area contributed by atoms with E-state index in [-0.39, 0.29) is 5.41 Å². The molecule has 4 heteroatoms. The molecule has 0 aliphatic carbocycles. The van der Waals surface area contributed by atoms with Gasteiger partial charge in [0.2, 0.25) is 0 Å². The minimum absolute atomic E-state index is 0.117. The highest BCUT2D eigenvalue weighted by molar-refractivity contribution is 7.80. The van der Waals surface area contributed by atoms with Crippen LogP contribution in [0.15, 0.2) is 18.2 Å². The first kappa shape index (κ1) is 15.0. The van der Waals surface area contributed by atoms with Crippen molar-refractivity contribution in [2.45, 2.75) is 26.7 Å². The highest BCUT2D eigenvalue weighted by atomic mass is 35.5. The fourth-order valence-corrected chi connectivity index (χ4v) is 2.55. The molecule has 96 valence electrons. The molecule has 17 heavy (non-hydrogen) atoms. The van der Waals surface area contributed by atoms with Crippen LogP contribution in [0.5, 0.6) is 5.75 Å². The standard InChI is InChI=1S/C13H18Cl2OS/c1-3-13(4-2,9-17)8-16-12-6-5-10(14)7-11(12)15/h5-7,17H,3-4,8-9H2,1-2H3. The van der Waals surface area contributed by atoms with Crippen molar-refractivity contribution in [1.82, 2.24) is 0 Å². The van der Waals surface area contributed by atoms with Gasteiger partial charge in [0.1, 0.15) is 5.75 Å². The summed E-state index contributed by atoms with van der Waals surface area (Å²) in [6.07, 6.45) is 2.08. The zero-order valence-corrected chi connectivity index (χ0v) is 12.6. The van der Waals surface area contributed by atoms with Crippen LogP contribution >= 0.6 is 35.8 Å². The third-order valence-corrected chi connectivity index (χ3v) is 4.46. The fourth-order valence-electron chi connectivity index (χ4n) is 1.55. The Bertz CT molecular complexity index is 356. The maximum atomic E-state index is 6.06. The second kappa shape index (κ2) is 6.77. The number of hydrogen-bond acceptors (Lipinski definition) is 2. The Morgan fingerprint density at radius 1 is 1.24 bits per heavy atom. The monoisotopic (exact) mass is 292 g/mol. The van der Waals surface area contributed by atoms with Crippen molar-refractivity contribution in [2.24, 2.45) is 5.41 Å². The van der Waals surface area contributed by atoms with E-state index in [1.807, 2.05) is 0 Å². The summed E-state index contributed by atoms with van der Waals surface area (Å²) in [5.74, 6) is 1.50. The summed E-state index contributed by atoms with van der Waals surface area (Å²) >= 11 is 16.3. The van der Waals surface area contributed by atoms with Gasteiger partial charge in [0.05, 0.1) is 11.6 Å². The third kappa shape index (κ3) is 3.97. The molecule has 0 aliphatic heterocycles. The summed E-state index contributed by atoms with van der Waals surface area (Å²) in [6.45, 7) is 4.95. The van der Waals surface area contributed by atoms with E-state index < -0.39 is 0 Å². The van der Waals surface area contributed by atoms with Crippen LogP contribution in [0.2, 0.25) is 10.0 Å². The largest absolute Gasteiger partial charge is 0.491 e. The molecule has 0 unspecified atom stereocenters. The summed E-state index contributed by atoms with van der Waals surface area (Å²) in [4.78, 5) is 0. The quantitative estimate of drug-likeness (QED) is 0.717. The molecule has 0 spiro atoms. The maximum absolute atomic E-state index is 6.06. The molecule has 0 aromatic heterocycles. The van der Waals surface area contributed by atoms with Gasteiger partial charge in [0.25, 0.3) is 0 Å². The lowest BCUT2D eigenvalue weighted by molar-refractivity contribution is 0.157. The van der Waals surface area contributed by atoms with Gasteiger partial charge in [0.15, 0.2) is 0 Å². The Morgan fingerprint density at radius 2 is 1.88 bits per heavy atom. The molecule has 1 nitrogen and oxygen atoms in total. The van der Waals surface area contributed by atoms with Crippen molar-refractivity contribution in [3.8, 4) is 5.75 Å². The highest BCUT2D eigenvalue weighted by Crippen LogP contribution is 2.32. The first-order valence-corrected chi connectivity index (χ1v) is 7.14. The van der Waals surface area contributed by atoms with Crippen molar-refractivity contribution in [2.75, 3.05) is 12.4 Å². The van der Waals surface area contributed by atoms with Crippen LogP contribution in [0, 0.1) is 5.41 Å². The van der Waals surface area contributed by atoms with E-state index in [0.717, 1.165) is 18.6 Å². The zero-order valence-electron chi connectivity index (χ0n) is 10.2. The summed E-state index contributed by atoms with van der Waals surface area (Å²) < 4.78 is 5.79. The van der Waals surface area contributed by atoms with Crippen LogP contribution in [0.3, 0.4) is 0 Å². The molecule has 0 N–H and O–H groups in total. The smallest absolute Gasteiger partial charge is 0.138 e. The van der Waals surface area contributed by atoms with E-state index in [0.29, 0.717) is 22.4 Å². The van der Waals surface area contributed by atoms with E-state index in [9.17, 15) is 0 Å². The normalized spacial score (nSPS) is 11.6. The molecule has 0 fully saturated rings. The first-order chi connectivity index (χ1) is 8.06. The Morgan fingerprint density at radius 3 is 2.35 bits per heavy atom. The first-order valence-electron chi connectivity index (χ1n) is 5.75. The molecule has 0 amide bonds. The van der Waals surface area contributed by atoms with E-state index >= 15 is 0 Å². The van der Waals surface area contributed by atoms with Gasteiger partial charge < -0.3 is 4.74 Å². The van der Waals surface area contributed by atoms with Gasteiger partial charge >= 0.3 is 0 Å². The van der Waals surface area contributed by atoms with Gasteiger partial charge in [-0.3, -0.25) is 0 Å². The average molecular weight is 293 g/mol. The molecule has 0 aliphatic rings. The van der Waals surface area contributed by atoms with Crippen molar-refractivity contribution in [1.29, 1.82) is 0 Å². The molecule has 1 aromatic rings. The fraction of sp³-hybridized carbons (Fsp3) is 0.538. The summed E-state index contributed by atoms with van der Waals surface area (Å²) in [5, 5.41) is 1.17. The molecular weight excluding hydrogens is 275 g/mol. The van der Waals surface area contributed by atoms with Crippen LogP contribution in [0.1, 0.15) is 26.7 Å². The van der Waals surface area contributed by atoms with Gasteiger partial charge in [-0.1, -0.05) is 37.0 Å². The van der Waals surface area contributed by atoms with Gasteiger partial charge in [-0.05, 0) is 36.8 Å². The predicted octanol–water partition coefficient (Wildman–Crippen LogP) is 5.11. The summed E-state index contributed by atoms with van der Waals surface area (Å²) in [6, 6.07) is 5.28. The molecule has 0 atom stereocenters. The van der Waals surface area contributed by atoms with Gasteiger partial charge in [0, 0.05) is 10.4 Å². The summed E-state index contributed by atoms with van der Waals surface area (Å²) in [7, 11) is 0. The Hall–Kier alpha value is -0.0500. The third-order valence-electron chi connectivity index (χ3n) is 3.26. The lowest BCUT2D eigenvalue weighted by Crippen LogP contribution is -2.29. The van der Waals surface area contributed by atoms with Gasteiger partial charge in [-0.2, -0.15) is 12.6 Å². The second-order valence-corrected chi connectivity index (χ2v) is 5.39. The van der Waals surface area contributed by atoms with Crippen LogP contribution in [-0.4, -0.2) is 12.4 Å². The van der Waals surface area contributed by atoms with Crippen molar-refractivity contribution in [3.63, 3.8) is 0 Å². The molecule has 0 radical (unpaired) electrons. The van der Waals surface area contributed by atoms with Crippen molar-refractivity contribution < 1.29 is 4.74 Å². The second-order valence-electron chi connectivity index (χ2n) is 4.23. The molecule has 0 saturated heterocycles. The Labute approximate surface area is 119 Å². The predicted molar refractivity (Wildman–Crippen MR) is 78.8 cm³/mol. The zero-order chi connectivity index (χ0) is 12.9. The molecular formula is C13H18Cl2OS. The number of ether oxygens (including phenoxy) is 1. The van der Waals surface area contributed by atoms with Crippen LogP contribution < -0.4 is 4.74 Å². The topological polar surface area (TPSA) is 9.23 Å². The number of benzene rings is 1. The van der Waals surface area contributed by atoms with E-state index in [2.05, 4.69) is 26.5 Å². The van der Waals surface area contributed by atoms with Crippen LogP contribution in [-0.2, 0) is 0 Å². The number of thiol groups is 1. The summed E-state index contributed by atoms with van der Waals surface area (Å²) in [5.41, 5.74) is 0.117. The number of halogens is 2. The maximum Gasteiger partial charge on any atom is 0.138 e. The molecule has 1 rings (SSSR count). The Kier molecular flexibility index (Phi) is 5.98. The number of rotatable bonds is 6. The van der Waals surface area contributed by atoms with Gasteiger partial charge in [-0.25, -0.2) is 0 Å². The van der Waals surface area contributed by atoms with E-state index in [4.69, 9.17) is 27.9 Å². The van der Waals surface area contributed by atoms with Gasteiger partial charge in [-0.15, -0.1) is 0 Å². The van der Waals surface area contributed by atoms with Crippen LogP contribution in [0.4, 0.5) is 0 Å².